The van der Waals surface area contributed by atoms with E-state index in [0.29, 0.717) is 19.1 Å². The molecule has 0 saturated heterocycles. The summed E-state index contributed by atoms with van der Waals surface area (Å²) in [5, 5.41) is 0. The maximum atomic E-state index is 9.19. The van der Waals surface area contributed by atoms with Gasteiger partial charge in [0.25, 0.3) is 20.2 Å². The van der Waals surface area contributed by atoms with Crippen LogP contribution in [0.1, 0.15) is 27.7 Å². The minimum atomic E-state index is -3.67. The van der Waals surface area contributed by atoms with E-state index in [9.17, 15) is 16.8 Å². The molecule has 120 valence electrons. The Morgan fingerprint density at radius 3 is 1.05 bits per heavy atom. The molecular weight excluding hydrogens is 296 g/mol. The molecule has 0 bridgehead atoms. The molecule has 0 aliphatic carbocycles. The molecule has 0 amide bonds. The third-order valence-corrected chi connectivity index (χ3v) is 2.25. The van der Waals surface area contributed by atoms with E-state index in [0.717, 1.165) is 0 Å². The maximum absolute atomic E-state index is 9.19. The fourth-order valence-corrected chi connectivity index (χ4v) is 0.263. The quantitative estimate of drug-likeness (QED) is 0.504. The van der Waals surface area contributed by atoms with Crippen LogP contribution in [0.4, 0.5) is 0 Å². The second-order valence-electron chi connectivity index (χ2n) is 5.28. The molecule has 0 rings (SSSR count). The van der Waals surface area contributed by atoms with Gasteiger partial charge in [-0.05, 0) is 25.8 Å². The maximum Gasteiger partial charge on any atom is 0.261 e. The SMILES string of the molecule is CC(C)(N)C(C)(C)CN.CS(=O)(=O)O.CS(=O)(=O)O. The predicted octanol–water partition coefficient (Wildman–Crippen LogP) is -0.283. The highest BCUT2D eigenvalue weighted by Crippen LogP contribution is 2.25. The molecule has 8 nitrogen and oxygen atoms in total. The topological polar surface area (TPSA) is 161 Å². The monoisotopic (exact) mass is 322 g/mol. The second-order valence-corrected chi connectivity index (χ2v) is 8.21. The first-order valence-electron chi connectivity index (χ1n) is 5.15. The highest BCUT2D eigenvalue weighted by Gasteiger charge is 2.31. The molecule has 0 unspecified atom stereocenters. The molecule has 0 saturated carbocycles. The molecule has 0 aromatic rings. The van der Waals surface area contributed by atoms with Crippen molar-refractivity contribution in [2.24, 2.45) is 16.9 Å². The standard InChI is InChI=1S/C7H18N2.2CH4O3S/c1-6(2,5-8)7(3,4)9;2*1-5(2,3)4/h5,8-9H2,1-4H3;2*1H3,(H,2,3,4). The van der Waals surface area contributed by atoms with Crippen molar-refractivity contribution in [1.29, 1.82) is 0 Å². The first-order valence-corrected chi connectivity index (χ1v) is 8.85. The van der Waals surface area contributed by atoms with Crippen LogP contribution in [0.2, 0.25) is 0 Å². The summed E-state index contributed by atoms with van der Waals surface area (Å²) in [6.07, 6.45) is 1.43. The van der Waals surface area contributed by atoms with E-state index >= 15 is 0 Å². The second kappa shape index (κ2) is 8.12. The summed E-state index contributed by atoms with van der Waals surface area (Å²) in [7, 11) is -7.33. The van der Waals surface area contributed by atoms with Crippen molar-refractivity contribution in [3.8, 4) is 0 Å². The van der Waals surface area contributed by atoms with E-state index in [2.05, 4.69) is 13.8 Å². The Morgan fingerprint density at radius 1 is 0.895 bits per heavy atom. The third kappa shape index (κ3) is 31.9. The van der Waals surface area contributed by atoms with Gasteiger partial charge in [0.2, 0.25) is 0 Å². The lowest BCUT2D eigenvalue weighted by Crippen LogP contribution is -2.51. The highest BCUT2D eigenvalue weighted by molar-refractivity contribution is 7.85. The molecule has 0 heterocycles. The molecule has 10 heteroatoms. The fourth-order valence-electron chi connectivity index (χ4n) is 0.263. The van der Waals surface area contributed by atoms with E-state index in [4.69, 9.17) is 20.6 Å². The van der Waals surface area contributed by atoms with Crippen molar-refractivity contribution in [3.05, 3.63) is 0 Å². The lowest BCUT2D eigenvalue weighted by Gasteiger charge is -2.37. The fraction of sp³-hybridized carbons (Fsp3) is 1.00. The van der Waals surface area contributed by atoms with Crippen molar-refractivity contribution < 1.29 is 25.9 Å². The van der Waals surface area contributed by atoms with Crippen LogP contribution in [-0.2, 0) is 20.2 Å². The van der Waals surface area contributed by atoms with Gasteiger partial charge in [0, 0.05) is 5.54 Å². The van der Waals surface area contributed by atoms with Gasteiger partial charge in [-0.1, -0.05) is 13.8 Å². The summed E-state index contributed by atoms with van der Waals surface area (Å²) in [4.78, 5) is 0. The molecule has 0 spiro atoms. The summed E-state index contributed by atoms with van der Waals surface area (Å²) >= 11 is 0. The van der Waals surface area contributed by atoms with Crippen LogP contribution in [0.15, 0.2) is 0 Å². The Hall–Kier alpha value is -0.260. The number of hydrogen-bond donors (Lipinski definition) is 4. The largest absolute Gasteiger partial charge is 0.330 e. The molecule has 0 aliphatic heterocycles. The number of rotatable bonds is 2. The average Bonchev–Trinajstić information content (AvgIpc) is 1.95. The van der Waals surface area contributed by atoms with Gasteiger partial charge in [0.05, 0.1) is 12.5 Å². The van der Waals surface area contributed by atoms with E-state index < -0.39 is 20.2 Å². The summed E-state index contributed by atoms with van der Waals surface area (Å²) in [5.74, 6) is 0. The van der Waals surface area contributed by atoms with E-state index in [1.807, 2.05) is 13.8 Å². The smallest absolute Gasteiger partial charge is 0.261 e. The van der Waals surface area contributed by atoms with Gasteiger partial charge in [0.1, 0.15) is 0 Å². The van der Waals surface area contributed by atoms with Gasteiger partial charge in [-0.3, -0.25) is 9.11 Å². The van der Waals surface area contributed by atoms with Crippen LogP contribution >= 0.6 is 0 Å². The first-order chi connectivity index (χ1) is 7.81. The molecule has 0 atom stereocenters. The Bertz CT molecular complexity index is 388. The van der Waals surface area contributed by atoms with Crippen LogP contribution in [0.25, 0.3) is 0 Å². The summed E-state index contributed by atoms with van der Waals surface area (Å²) in [6.45, 7) is 8.79. The van der Waals surface area contributed by atoms with Gasteiger partial charge in [-0.15, -0.1) is 0 Å². The lowest BCUT2D eigenvalue weighted by atomic mass is 9.75. The third-order valence-electron chi connectivity index (χ3n) is 2.25. The highest BCUT2D eigenvalue weighted by atomic mass is 32.2. The molecule has 0 aromatic carbocycles. The summed E-state index contributed by atoms with van der Waals surface area (Å²) in [5.41, 5.74) is 11.2. The minimum Gasteiger partial charge on any atom is -0.330 e. The first kappa shape index (κ1) is 23.8. The van der Waals surface area contributed by atoms with Crippen LogP contribution in [0.5, 0.6) is 0 Å². The van der Waals surface area contributed by atoms with Gasteiger partial charge < -0.3 is 11.5 Å². The normalized spacial score (nSPS) is 12.7. The van der Waals surface area contributed by atoms with Gasteiger partial charge in [-0.2, -0.15) is 16.8 Å². The Morgan fingerprint density at radius 2 is 1.05 bits per heavy atom. The van der Waals surface area contributed by atoms with E-state index in [-0.39, 0.29) is 11.0 Å². The minimum absolute atomic E-state index is 0.0347. The van der Waals surface area contributed by atoms with Crippen LogP contribution in [-0.4, -0.2) is 50.5 Å². The van der Waals surface area contributed by atoms with Crippen LogP contribution in [0.3, 0.4) is 0 Å². The zero-order valence-electron chi connectivity index (χ0n) is 12.2. The molecule has 19 heavy (non-hydrogen) atoms. The predicted molar refractivity (Wildman–Crippen MR) is 76.0 cm³/mol. The number of hydrogen-bond acceptors (Lipinski definition) is 6. The van der Waals surface area contributed by atoms with Crippen molar-refractivity contribution in [2.75, 3.05) is 19.1 Å². The zero-order chi connectivity index (χ0) is 16.7. The Kier molecular flexibility index (Phi) is 10.2. The lowest BCUT2D eigenvalue weighted by molar-refractivity contribution is 0.212. The van der Waals surface area contributed by atoms with Gasteiger partial charge in [-0.25, -0.2) is 0 Å². The van der Waals surface area contributed by atoms with Crippen molar-refractivity contribution in [1.82, 2.24) is 0 Å². The van der Waals surface area contributed by atoms with Crippen LogP contribution < -0.4 is 11.5 Å². The van der Waals surface area contributed by atoms with Crippen molar-refractivity contribution >= 4 is 20.2 Å². The zero-order valence-corrected chi connectivity index (χ0v) is 13.8. The summed E-state index contributed by atoms with van der Waals surface area (Å²) < 4.78 is 51.7. The van der Waals surface area contributed by atoms with E-state index in [1.54, 1.807) is 0 Å². The van der Waals surface area contributed by atoms with Crippen molar-refractivity contribution in [3.63, 3.8) is 0 Å². The molecular formula is C9H26N2O6S2. The van der Waals surface area contributed by atoms with Crippen molar-refractivity contribution in [2.45, 2.75) is 33.2 Å². The Labute approximate surface area is 116 Å². The number of nitrogens with two attached hydrogens (primary N) is 2. The van der Waals surface area contributed by atoms with Gasteiger partial charge in [0.15, 0.2) is 0 Å². The molecule has 0 fully saturated rings. The molecule has 0 aliphatic rings. The molecule has 0 aromatic heterocycles. The van der Waals surface area contributed by atoms with Gasteiger partial charge >= 0.3 is 0 Å². The summed E-state index contributed by atoms with van der Waals surface area (Å²) in [6, 6.07) is 0. The van der Waals surface area contributed by atoms with E-state index in [1.165, 1.54) is 0 Å². The molecule has 0 radical (unpaired) electrons. The molecule has 6 N–H and O–H groups in total. The average molecular weight is 322 g/mol. The van der Waals surface area contributed by atoms with Crippen LogP contribution in [0, 0.1) is 5.41 Å². The Balaban J connectivity index is -0.000000219.